The van der Waals surface area contributed by atoms with E-state index < -0.39 is 24.3 Å². The van der Waals surface area contributed by atoms with Crippen molar-refractivity contribution in [2.75, 3.05) is 29.9 Å². The Morgan fingerprint density at radius 1 is 0.896 bits per heavy atom. The number of piperidine rings is 1. The van der Waals surface area contributed by atoms with Gasteiger partial charge in [0.1, 0.15) is 11.9 Å². The molecule has 0 aromatic heterocycles. The molecule has 2 atom stereocenters. The highest BCUT2D eigenvalue weighted by atomic mass is 19.1. The van der Waals surface area contributed by atoms with E-state index >= 15 is 0 Å². The molecule has 1 aliphatic rings. The van der Waals surface area contributed by atoms with Gasteiger partial charge in [-0.05, 0) is 104 Å². The van der Waals surface area contributed by atoms with Gasteiger partial charge in [-0.1, -0.05) is 54.6 Å². The van der Waals surface area contributed by atoms with Gasteiger partial charge in [-0.3, -0.25) is 15.1 Å². The third kappa shape index (κ3) is 9.18. The Morgan fingerprint density at radius 3 is 2.23 bits per heavy atom. The van der Waals surface area contributed by atoms with Crippen molar-refractivity contribution in [3.05, 3.63) is 131 Å². The molecule has 4 aromatic rings. The van der Waals surface area contributed by atoms with Crippen LogP contribution in [0.3, 0.4) is 0 Å². The molecule has 3 amide bonds. The number of nitrogens with one attached hydrogen (secondary N) is 1. The summed E-state index contributed by atoms with van der Waals surface area (Å²) in [5.41, 5.74) is 9.59. The van der Waals surface area contributed by atoms with E-state index in [1.807, 2.05) is 42.5 Å². The van der Waals surface area contributed by atoms with Crippen molar-refractivity contribution in [1.29, 1.82) is 10.5 Å². The van der Waals surface area contributed by atoms with Gasteiger partial charge in [0.05, 0.1) is 29.3 Å². The van der Waals surface area contributed by atoms with Crippen molar-refractivity contribution in [3.8, 4) is 12.1 Å². The Morgan fingerprint density at radius 2 is 1.56 bits per heavy atom. The van der Waals surface area contributed by atoms with Crippen LogP contribution in [0.1, 0.15) is 35.1 Å². The summed E-state index contributed by atoms with van der Waals surface area (Å²) in [5, 5.41) is 21.7. The minimum Gasteiger partial charge on any atom is -0.442 e. The zero-order valence-electron chi connectivity index (χ0n) is 26.5. The quantitative estimate of drug-likeness (QED) is 0.188. The fraction of sp³-hybridized carbons (Fsp3) is 0.263. The van der Waals surface area contributed by atoms with E-state index in [0.717, 1.165) is 43.5 Å². The third-order valence-electron chi connectivity index (χ3n) is 8.62. The first-order chi connectivity index (χ1) is 23.3. The molecule has 0 radical (unpaired) electrons. The first-order valence-electron chi connectivity index (χ1n) is 15.9. The number of nitriles is 2. The minimum absolute atomic E-state index is 0.254. The zero-order chi connectivity index (χ0) is 33.9. The van der Waals surface area contributed by atoms with E-state index in [-0.39, 0.29) is 5.82 Å². The molecular weight excluding hydrogens is 607 g/mol. The molecule has 0 aliphatic carbocycles. The van der Waals surface area contributed by atoms with Gasteiger partial charge in [0, 0.05) is 17.9 Å². The highest BCUT2D eigenvalue weighted by molar-refractivity contribution is 5.92. The summed E-state index contributed by atoms with van der Waals surface area (Å²) in [5.74, 6) is 0.161. The molecule has 0 bridgehead atoms. The molecule has 0 saturated carbocycles. The van der Waals surface area contributed by atoms with Crippen molar-refractivity contribution in [1.82, 2.24) is 4.90 Å². The van der Waals surface area contributed by atoms with Crippen molar-refractivity contribution < 1.29 is 18.7 Å². The van der Waals surface area contributed by atoms with Crippen LogP contribution in [0.5, 0.6) is 0 Å². The summed E-state index contributed by atoms with van der Waals surface area (Å²) in [6.45, 7) is 1.78. The predicted octanol–water partition coefficient (Wildman–Crippen LogP) is 6.64. The molecule has 244 valence electrons. The maximum absolute atomic E-state index is 13.5. The molecule has 1 aliphatic heterocycles. The molecule has 4 aromatic carbocycles. The Hall–Kier alpha value is -5.71. The van der Waals surface area contributed by atoms with E-state index in [4.69, 9.17) is 10.5 Å². The topological polar surface area (TPSA) is 135 Å². The Labute approximate surface area is 280 Å². The Kier molecular flexibility index (Phi) is 11.4. The van der Waals surface area contributed by atoms with E-state index in [0.29, 0.717) is 41.4 Å². The van der Waals surface area contributed by atoms with Crippen molar-refractivity contribution in [3.63, 3.8) is 0 Å². The van der Waals surface area contributed by atoms with Crippen LogP contribution in [0.2, 0.25) is 0 Å². The lowest BCUT2D eigenvalue weighted by Gasteiger charge is -2.40. The number of carbonyl (C=O) groups is 2. The van der Waals surface area contributed by atoms with Crippen LogP contribution in [-0.2, 0) is 17.6 Å². The molecule has 0 unspecified atom stereocenters. The van der Waals surface area contributed by atoms with Crippen LogP contribution in [-0.4, -0.2) is 48.8 Å². The van der Waals surface area contributed by atoms with E-state index in [1.54, 1.807) is 48.5 Å². The number of amides is 3. The van der Waals surface area contributed by atoms with Gasteiger partial charge in [0.25, 0.3) is 0 Å². The zero-order valence-corrected chi connectivity index (χ0v) is 26.5. The lowest BCUT2D eigenvalue weighted by molar-refractivity contribution is 0.0519. The number of halogens is 1. The second-order valence-electron chi connectivity index (χ2n) is 12.0. The van der Waals surface area contributed by atoms with Crippen LogP contribution in [0.4, 0.5) is 25.4 Å². The number of carbonyl (C=O) groups excluding carboxylic acids is 2. The largest absolute Gasteiger partial charge is 0.442 e. The van der Waals surface area contributed by atoms with Gasteiger partial charge < -0.3 is 10.5 Å². The second kappa shape index (κ2) is 16.2. The van der Waals surface area contributed by atoms with Gasteiger partial charge in [-0.25, -0.2) is 14.0 Å². The van der Waals surface area contributed by atoms with Crippen LogP contribution < -0.4 is 16.0 Å². The number of hydrogen-bond acceptors (Lipinski definition) is 6. The molecule has 0 spiro atoms. The number of hydrogen-bond donors (Lipinski definition) is 2. The summed E-state index contributed by atoms with van der Waals surface area (Å²) in [4.78, 5) is 30.4. The highest BCUT2D eigenvalue weighted by Crippen LogP contribution is 2.27. The molecule has 1 fully saturated rings. The summed E-state index contributed by atoms with van der Waals surface area (Å²) >= 11 is 0. The van der Waals surface area contributed by atoms with Crippen molar-refractivity contribution in [2.45, 2.75) is 37.8 Å². The van der Waals surface area contributed by atoms with Gasteiger partial charge in [-0.15, -0.1) is 0 Å². The summed E-state index contributed by atoms with van der Waals surface area (Å²) in [7, 11) is 0. The maximum Gasteiger partial charge on any atom is 0.412 e. The second-order valence-corrected chi connectivity index (χ2v) is 12.0. The number of nitrogens with zero attached hydrogens (tertiary/aromatic N) is 4. The fourth-order valence-corrected chi connectivity index (χ4v) is 6.22. The molecule has 48 heavy (non-hydrogen) atoms. The number of anilines is 2. The molecule has 1 saturated heterocycles. The van der Waals surface area contributed by atoms with E-state index in [9.17, 15) is 24.5 Å². The van der Waals surface area contributed by atoms with Crippen LogP contribution in [0.15, 0.2) is 103 Å². The van der Waals surface area contributed by atoms with Gasteiger partial charge >= 0.3 is 12.1 Å². The number of urea groups is 1. The fourth-order valence-electron chi connectivity index (χ4n) is 6.22. The molecule has 1 heterocycles. The van der Waals surface area contributed by atoms with Crippen molar-refractivity contribution in [2.24, 2.45) is 11.7 Å². The van der Waals surface area contributed by atoms with Crippen LogP contribution in [0, 0.1) is 34.4 Å². The average molecular weight is 645 g/mol. The van der Waals surface area contributed by atoms with Crippen molar-refractivity contribution >= 4 is 23.5 Å². The van der Waals surface area contributed by atoms with Gasteiger partial charge in [0.15, 0.2) is 0 Å². The lowest BCUT2D eigenvalue weighted by Crippen LogP contribution is -2.56. The minimum atomic E-state index is -0.851. The van der Waals surface area contributed by atoms with E-state index in [1.165, 1.54) is 17.0 Å². The third-order valence-corrected chi connectivity index (χ3v) is 8.62. The first-order valence-corrected chi connectivity index (χ1v) is 15.9. The summed E-state index contributed by atoms with van der Waals surface area (Å²) < 4.78 is 19.6. The Balaban J connectivity index is 1.43. The number of rotatable bonds is 11. The average Bonchev–Trinajstić information content (AvgIpc) is 3.10. The SMILES string of the molecule is N#Cc1cccc(NC(=O)O[C@@H](CN2CCC(Cc3ccc(F)cc3)CC2)[C@H](Cc2ccccc2)N(C(N)=O)c2cccc(C#N)c2)c1. The number of nitrogens with two attached hydrogens (primary N) is 1. The number of ether oxygens (including phenoxy) is 1. The van der Waals surface area contributed by atoms with Crippen LogP contribution in [0.25, 0.3) is 0 Å². The number of likely N-dealkylation sites (tertiary alicyclic amines) is 1. The predicted molar refractivity (Wildman–Crippen MR) is 181 cm³/mol. The highest BCUT2D eigenvalue weighted by Gasteiger charge is 2.36. The monoisotopic (exact) mass is 644 g/mol. The molecular formula is C38H37FN6O3. The standard InChI is InChI=1S/C38H37FN6O3/c39-32-14-12-28(13-15-32)20-29-16-18-44(19-17-29)26-36(48-38(47)43-33-10-4-8-30(21-33)24-40)35(23-27-6-2-1-3-7-27)45(37(42)46)34-11-5-9-31(22-34)25-41/h1-15,21-22,29,35-36H,16-20,23,26H2,(H2,42,46)(H,43,47)/t35-,36-/m0/s1. The summed E-state index contributed by atoms with van der Waals surface area (Å²) in [6, 6.07) is 32.0. The first kappa shape index (κ1) is 33.6. The molecule has 5 rings (SSSR count). The Bertz CT molecular complexity index is 1780. The molecule has 10 heteroatoms. The molecule has 3 N–H and O–H groups in total. The van der Waals surface area contributed by atoms with Crippen LogP contribution >= 0.6 is 0 Å². The van der Waals surface area contributed by atoms with E-state index in [2.05, 4.69) is 22.4 Å². The number of benzene rings is 4. The molecule has 9 nitrogen and oxygen atoms in total. The lowest BCUT2D eigenvalue weighted by atomic mass is 9.89. The van der Waals surface area contributed by atoms with Gasteiger partial charge in [-0.2, -0.15) is 10.5 Å². The number of primary amides is 1. The normalized spacial score (nSPS) is 14.6. The smallest absolute Gasteiger partial charge is 0.412 e. The maximum atomic E-state index is 13.5. The van der Waals surface area contributed by atoms with Gasteiger partial charge in [0.2, 0.25) is 0 Å². The summed E-state index contributed by atoms with van der Waals surface area (Å²) in [6.07, 6.45) is 1.35.